The highest BCUT2D eigenvalue weighted by Crippen LogP contribution is 2.35. The second-order valence-corrected chi connectivity index (χ2v) is 8.56. The molecule has 1 aliphatic carbocycles. The van der Waals surface area contributed by atoms with Crippen LogP contribution >= 0.6 is 11.6 Å². The molecular weight excluding hydrogens is 462 g/mol. The first-order valence-corrected chi connectivity index (χ1v) is 11.0. The molecule has 0 N–H and O–H groups in total. The van der Waals surface area contributed by atoms with Crippen molar-refractivity contribution in [2.24, 2.45) is 7.05 Å². The number of nitrogens with zero attached hydrogens (tertiary/aromatic N) is 3. The minimum atomic E-state index is -0.859. The molecule has 9 nitrogen and oxygen atoms in total. The Balaban J connectivity index is 1.80. The summed E-state index contributed by atoms with van der Waals surface area (Å²) in [4.78, 5) is 51.5. The minimum absolute atomic E-state index is 0.268. The van der Waals surface area contributed by atoms with Gasteiger partial charge in [-0.05, 0) is 48.6 Å². The second kappa shape index (κ2) is 8.18. The first-order chi connectivity index (χ1) is 16.3. The molecule has 0 saturated heterocycles. The van der Waals surface area contributed by atoms with Crippen LogP contribution in [0.3, 0.4) is 0 Å². The largest absolute Gasteiger partial charge is 0.465 e. The first-order valence-electron chi connectivity index (χ1n) is 10.7. The summed E-state index contributed by atoms with van der Waals surface area (Å²) in [7, 11) is 2.74. The number of hydrogen-bond donors (Lipinski definition) is 0. The van der Waals surface area contributed by atoms with Crippen molar-refractivity contribution in [2.75, 3.05) is 7.11 Å². The van der Waals surface area contributed by atoms with Crippen molar-refractivity contribution in [1.82, 2.24) is 13.7 Å². The van der Waals surface area contributed by atoms with Crippen LogP contribution in [0.5, 0.6) is 0 Å². The molecule has 5 rings (SSSR count). The van der Waals surface area contributed by atoms with Crippen LogP contribution in [-0.4, -0.2) is 26.8 Å². The number of hydrogen-bond acceptors (Lipinski definition) is 6. The van der Waals surface area contributed by atoms with Gasteiger partial charge in [0.05, 0.1) is 24.4 Å². The molecule has 1 atom stereocenters. The van der Waals surface area contributed by atoms with Gasteiger partial charge in [0, 0.05) is 24.3 Å². The van der Waals surface area contributed by atoms with E-state index in [2.05, 4.69) is 0 Å². The number of halogens is 1. The average molecular weight is 482 g/mol. The third-order valence-electron chi connectivity index (χ3n) is 6.31. The van der Waals surface area contributed by atoms with Gasteiger partial charge in [-0.15, -0.1) is 0 Å². The number of carbonyl (C=O) groups excluding carboxylic acids is 1. The van der Waals surface area contributed by atoms with E-state index in [-0.39, 0.29) is 11.1 Å². The average Bonchev–Trinajstić information content (AvgIpc) is 3.12. The summed E-state index contributed by atoms with van der Waals surface area (Å²) in [5, 5.41) is 0.573. The summed E-state index contributed by atoms with van der Waals surface area (Å²) >= 11 is 6.39. The number of esters is 1. The van der Waals surface area contributed by atoms with Crippen molar-refractivity contribution in [3.8, 4) is 5.69 Å². The van der Waals surface area contributed by atoms with Crippen LogP contribution in [0.4, 0.5) is 0 Å². The van der Waals surface area contributed by atoms with Gasteiger partial charge < -0.3 is 9.15 Å². The lowest BCUT2D eigenvalue weighted by Crippen LogP contribution is -2.45. The van der Waals surface area contributed by atoms with Gasteiger partial charge in [-0.1, -0.05) is 23.7 Å². The topological polar surface area (TPSA) is 105 Å². The van der Waals surface area contributed by atoms with Crippen LogP contribution in [0.25, 0.3) is 16.8 Å². The monoisotopic (exact) mass is 481 g/mol. The van der Waals surface area contributed by atoms with Gasteiger partial charge in [-0.2, -0.15) is 0 Å². The van der Waals surface area contributed by atoms with E-state index in [0.29, 0.717) is 22.6 Å². The van der Waals surface area contributed by atoms with Gasteiger partial charge in [0.2, 0.25) is 0 Å². The Morgan fingerprint density at radius 3 is 2.74 bits per heavy atom. The summed E-state index contributed by atoms with van der Waals surface area (Å²) < 4.78 is 13.7. The molecular formula is C24H20ClN3O6. The maximum Gasteiger partial charge on any atom is 0.419 e. The number of aryl methyl sites for hydroxylation is 1. The van der Waals surface area contributed by atoms with Crippen LogP contribution in [0.15, 0.2) is 61.4 Å². The van der Waals surface area contributed by atoms with E-state index in [1.54, 1.807) is 31.3 Å². The first kappa shape index (κ1) is 22.0. The normalized spacial score (nSPS) is 15.3. The molecule has 0 aliphatic heterocycles. The van der Waals surface area contributed by atoms with E-state index in [0.717, 1.165) is 34.7 Å². The number of benzene rings is 2. The van der Waals surface area contributed by atoms with Crippen molar-refractivity contribution >= 4 is 28.7 Å². The number of ether oxygens (including phenoxy) is 1. The van der Waals surface area contributed by atoms with E-state index in [9.17, 15) is 19.2 Å². The molecule has 0 radical (unpaired) electrons. The SMILES string of the molecule is COC(=O)c1cn(-c2ccc3c(c2)oc(=O)n3C)c(=O)n(C2CCCc3c(Cl)cccc32)c1=O. The lowest BCUT2D eigenvalue weighted by molar-refractivity contribution is 0.0596. The molecule has 0 fully saturated rings. The van der Waals surface area contributed by atoms with E-state index < -0.39 is 29.0 Å². The highest BCUT2D eigenvalue weighted by Gasteiger charge is 2.29. The van der Waals surface area contributed by atoms with Gasteiger partial charge in [0.25, 0.3) is 5.56 Å². The van der Waals surface area contributed by atoms with Crippen molar-refractivity contribution in [1.29, 1.82) is 0 Å². The highest BCUT2D eigenvalue weighted by molar-refractivity contribution is 6.31. The molecule has 0 saturated carbocycles. The maximum atomic E-state index is 13.7. The van der Waals surface area contributed by atoms with Crippen molar-refractivity contribution in [3.63, 3.8) is 0 Å². The van der Waals surface area contributed by atoms with Crippen LogP contribution in [0, 0.1) is 0 Å². The van der Waals surface area contributed by atoms with Gasteiger partial charge in [-0.25, -0.2) is 14.4 Å². The summed E-state index contributed by atoms with van der Waals surface area (Å²) in [5.74, 6) is -1.41. The number of methoxy groups -OCH3 is 1. The fourth-order valence-electron chi connectivity index (χ4n) is 4.60. The Morgan fingerprint density at radius 2 is 1.97 bits per heavy atom. The van der Waals surface area contributed by atoms with Gasteiger partial charge >= 0.3 is 17.4 Å². The zero-order valence-corrected chi connectivity index (χ0v) is 19.2. The Labute approximate surface area is 197 Å². The van der Waals surface area contributed by atoms with Crippen molar-refractivity contribution < 1.29 is 13.9 Å². The lowest BCUT2D eigenvalue weighted by atomic mass is 9.87. The second-order valence-electron chi connectivity index (χ2n) is 8.16. The lowest BCUT2D eigenvalue weighted by Gasteiger charge is -2.28. The predicted octanol–water partition coefficient (Wildman–Crippen LogP) is 2.81. The quantitative estimate of drug-likeness (QED) is 0.417. The molecule has 1 unspecified atom stereocenters. The predicted molar refractivity (Wildman–Crippen MR) is 125 cm³/mol. The fraction of sp³-hybridized carbons (Fsp3) is 0.250. The van der Waals surface area contributed by atoms with Gasteiger partial charge in [0.1, 0.15) is 5.56 Å². The molecule has 2 heterocycles. The van der Waals surface area contributed by atoms with Crippen LogP contribution in [0.1, 0.15) is 40.4 Å². The van der Waals surface area contributed by atoms with E-state index in [1.807, 2.05) is 6.07 Å². The van der Waals surface area contributed by atoms with Gasteiger partial charge in [0.15, 0.2) is 5.58 Å². The molecule has 0 bridgehead atoms. The Morgan fingerprint density at radius 1 is 1.18 bits per heavy atom. The number of oxazole rings is 1. The van der Waals surface area contributed by atoms with Crippen LogP contribution < -0.4 is 17.0 Å². The molecule has 10 heteroatoms. The number of fused-ring (bicyclic) bond motifs is 2. The van der Waals surface area contributed by atoms with Gasteiger partial charge in [-0.3, -0.25) is 18.5 Å². The van der Waals surface area contributed by atoms with E-state index >= 15 is 0 Å². The summed E-state index contributed by atoms with van der Waals surface area (Å²) in [6.45, 7) is 0. The van der Waals surface area contributed by atoms with Crippen LogP contribution in [0.2, 0.25) is 5.02 Å². The van der Waals surface area contributed by atoms with Crippen molar-refractivity contribution in [2.45, 2.75) is 25.3 Å². The Bertz CT molecular complexity index is 1640. The fourth-order valence-corrected chi connectivity index (χ4v) is 4.88. The molecule has 174 valence electrons. The molecule has 0 amide bonds. The molecule has 2 aromatic carbocycles. The highest BCUT2D eigenvalue weighted by atomic mass is 35.5. The minimum Gasteiger partial charge on any atom is -0.465 e. The molecule has 1 aliphatic rings. The molecule has 2 aromatic heterocycles. The standard InChI is InChI=1S/C24H20ClN3O6/c1-26-19-10-9-13(11-20(19)34-24(26)32)27-12-16(22(30)33-2)21(29)28(23(27)31)18-8-4-5-14-15(18)6-3-7-17(14)25/h3,6-7,9-12,18H,4-5,8H2,1-2H3. The third-order valence-corrected chi connectivity index (χ3v) is 6.66. The molecule has 4 aromatic rings. The molecule has 34 heavy (non-hydrogen) atoms. The zero-order valence-electron chi connectivity index (χ0n) is 18.4. The summed E-state index contributed by atoms with van der Waals surface area (Å²) in [5.41, 5.74) is 1.14. The van der Waals surface area contributed by atoms with Crippen LogP contribution in [-0.2, 0) is 18.2 Å². The number of rotatable bonds is 3. The smallest absolute Gasteiger partial charge is 0.419 e. The number of carbonyl (C=O) groups is 1. The molecule has 0 spiro atoms. The summed E-state index contributed by atoms with van der Waals surface area (Å²) in [6.07, 6.45) is 3.14. The summed E-state index contributed by atoms with van der Waals surface area (Å²) in [6, 6.07) is 9.55. The van der Waals surface area contributed by atoms with E-state index in [1.165, 1.54) is 22.3 Å². The van der Waals surface area contributed by atoms with Crippen molar-refractivity contribution in [3.05, 3.63) is 95.7 Å². The number of aromatic nitrogens is 3. The third kappa shape index (κ3) is 3.31. The van der Waals surface area contributed by atoms with E-state index in [4.69, 9.17) is 20.8 Å². The Hall–Kier alpha value is -3.85. The zero-order chi connectivity index (χ0) is 24.1. The Kier molecular flexibility index (Phi) is 5.28. The maximum absolute atomic E-state index is 13.7.